The molecule has 1 aliphatic heterocycles. The molecule has 4 rings (SSSR count). The van der Waals surface area contributed by atoms with Gasteiger partial charge in [-0.3, -0.25) is 14.7 Å². The highest BCUT2D eigenvalue weighted by atomic mass is 35.5. The molecule has 9 nitrogen and oxygen atoms in total. The van der Waals surface area contributed by atoms with Crippen molar-refractivity contribution in [3.63, 3.8) is 0 Å². The number of rotatable bonds is 4. The number of hydrogen-bond donors (Lipinski definition) is 2. The molecule has 0 spiro atoms. The molecule has 1 aliphatic rings. The van der Waals surface area contributed by atoms with E-state index in [-0.39, 0.29) is 22.7 Å². The Morgan fingerprint density at radius 2 is 2.11 bits per heavy atom. The molecule has 3 aromatic rings. The summed E-state index contributed by atoms with van der Waals surface area (Å²) in [6.45, 7) is 0.796. The summed E-state index contributed by atoms with van der Waals surface area (Å²) in [6, 6.07) is 4.09. The number of carbonyl (C=O) groups excluding carboxylic acids is 2. The van der Waals surface area contributed by atoms with Crippen LogP contribution in [-0.4, -0.2) is 55.0 Å². The van der Waals surface area contributed by atoms with Gasteiger partial charge in [0.1, 0.15) is 5.82 Å². The first-order valence-corrected chi connectivity index (χ1v) is 8.31. The average Bonchev–Trinajstić information content (AvgIpc) is 3.25. The topological polar surface area (TPSA) is 123 Å². The van der Waals surface area contributed by atoms with Crippen molar-refractivity contribution in [2.24, 2.45) is 5.73 Å². The van der Waals surface area contributed by atoms with Gasteiger partial charge in [0.05, 0.1) is 34.7 Å². The van der Waals surface area contributed by atoms with Crippen LogP contribution in [0.2, 0.25) is 5.02 Å². The van der Waals surface area contributed by atoms with Gasteiger partial charge in [0.15, 0.2) is 5.69 Å². The van der Waals surface area contributed by atoms with Crippen molar-refractivity contribution in [3.05, 3.63) is 52.7 Å². The van der Waals surface area contributed by atoms with E-state index in [0.717, 1.165) is 0 Å². The van der Waals surface area contributed by atoms with Crippen molar-refractivity contribution in [1.29, 1.82) is 0 Å². The number of nitrogens with zero attached hydrogens (tertiary/aromatic N) is 5. The molecule has 1 aromatic carbocycles. The van der Waals surface area contributed by atoms with E-state index in [2.05, 4.69) is 20.5 Å². The van der Waals surface area contributed by atoms with Crippen molar-refractivity contribution in [1.82, 2.24) is 30.1 Å². The minimum atomic E-state index is -0.658. The van der Waals surface area contributed by atoms with Crippen LogP contribution < -0.4 is 5.73 Å². The molecule has 3 heterocycles. The number of nitrogens with two attached hydrogens (primary N) is 1. The molecule has 1 fully saturated rings. The number of H-pyrrole nitrogens is 1. The zero-order valence-electron chi connectivity index (χ0n) is 13.8. The van der Waals surface area contributed by atoms with E-state index >= 15 is 0 Å². The maximum atomic E-state index is 13.4. The molecular weight excluding hydrogens is 377 g/mol. The van der Waals surface area contributed by atoms with Crippen LogP contribution in [0.3, 0.4) is 0 Å². The Morgan fingerprint density at radius 3 is 2.78 bits per heavy atom. The van der Waals surface area contributed by atoms with E-state index in [4.69, 9.17) is 17.3 Å². The summed E-state index contributed by atoms with van der Waals surface area (Å²) in [5.74, 6) is -1.43. The first-order chi connectivity index (χ1) is 12.9. The summed E-state index contributed by atoms with van der Waals surface area (Å²) < 4.78 is 14.9. The Morgan fingerprint density at radius 1 is 1.33 bits per heavy atom. The number of primary amides is 1. The molecule has 1 saturated heterocycles. The van der Waals surface area contributed by atoms with E-state index in [1.165, 1.54) is 35.3 Å². The maximum absolute atomic E-state index is 13.4. The van der Waals surface area contributed by atoms with Crippen molar-refractivity contribution >= 4 is 23.4 Å². The number of aromatic nitrogens is 5. The Kier molecular flexibility index (Phi) is 4.11. The monoisotopic (exact) mass is 389 g/mol. The largest absolute Gasteiger partial charge is 0.364 e. The van der Waals surface area contributed by atoms with Crippen LogP contribution in [0.1, 0.15) is 26.9 Å². The van der Waals surface area contributed by atoms with Gasteiger partial charge in [-0.1, -0.05) is 16.8 Å². The molecule has 2 aromatic heterocycles. The molecule has 0 unspecified atom stereocenters. The predicted molar refractivity (Wildman–Crippen MR) is 92.5 cm³/mol. The average molecular weight is 390 g/mol. The number of amides is 2. The van der Waals surface area contributed by atoms with Crippen LogP contribution in [-0.2, 0) is 0 Å². The fourth-order valence-corrected chi connectivity index (χ4v) is 3.03. The zero-order chi connectivity index (χ0) is 19.1. The third-order valence-electron chi connectivity index (χ3n) is 4.36. The van der Waals surface area contributed by atoms with Gasteiger partial charge >= 0.3 is 0 Å². The summed E-state index contributed by atoms with van der Waals surface area (Å²) in [5.41, 5.74) is 6.60. The summed E-state index contributed by atoms with van der Waals surface area (Å²) >= 11 is 5.82. The molecule has 138 valence electrons. The van der Waals surface area contributed by atoms with Crippen molar-refractivity contribution in [3.8, 4) is 11.3 Å². The van der Waals surface area contributed by atoms with Crippen molar-refractivity contribution in [2.45, 2.75) is 6.04 Å². The quantitative estimate of drug-likeness (QED) is 0.695. The van der Waals surface area contributed by atoms with Gasteiger partial charge in [-0.2, -0.15) is 5.10 Å². The van der Waals surface area contributed by atoms with Gasteiger partial charge in [-0.15, -0.1) is 5.10 Å². The number of hydrogen-bond acceptors (Lipinski definition) is 5. The summed E-state index contributed by atoms with van der Waals surface area (Å²) in [4.78, 5) is 25.5. The maximum Gasteiger partial charge on any atom is 0.270 e. The van der Waals surface area contributed by atoms with E-state index in [0.29, 0.717) is 29.9 Å². The lowest BCUT2D eigenvalue weighted by atomic mass is 10.0. The highest BCUT2D eigenvalue weighted by Crippen LogP contribution is 2.29. The minimum Gasteiger partial charge on any atom is -0.364 e. The molecule has 27 heavy (non-hydrogen) atoms. The second-order valence-electron chi connectivity index (χ2n) is 6.10. The number of benzene rings is 1. The second kappa shape index (κ2) is 6.47. The third-order valence-corrected chi connectivity index (χ3v) is 4.65. The van der Waals surface area contributed by atoms with Crippen LogP contribution in [0.15, 0.2) is 30.6 Å². The normalized spacial score (nSPS) is 14.2. The van der Waals surface area contributed by atoms with Gasteiger partial charge < -0.3 is 10.6 Å². The van der Waals surface area contributed by atoms with E-state index in [1.54, 1.807) is 4.90 Å². The van der Waals surface area contributed by atoms with Crippen LogP contribution in [0, 0.1) is 5.82 Å². The molecule has 3 N–H and O–H groups in total. The molecule has 2 amide bonds. The fraction of sp³-hybridized carbons (Fsp3) is 0.188. The van der Waals surface area contributed by atoms with E-state index in [9.17, 15) is 14.0 Å². The van der Waals surface area contributed by atoms with Gasteiger partial charge in [0.2, 0.25) is 0 Å². The number of aromatic amines is 1. The lowest BCUT2D eigenvalue weighted by molar-refractivity contribution is 0.0499. The number of nitrogens with one attached hydrogen (secondary N) is 1. The van der Waals surface area contributed by atoms with Crippen LogP contribution in [0.25, 0.3) is 11.3 Å². The van der Waals surface area contributed by atoms with Crippen molar-refractivity contribution < 1.29 is 14.0 Å². The first kappa shape index (κ1) is 17.2. The van der Waals surface area contributed by atoms with E-state index < -0.39 is 11.7 Å². The minimum absolute atomic E-state index is 0.0408. The number of halogens is 2. The van der Waals surface area contributed by atoms with Crippen LogP contribution in [0.4, 0.5) is 4.39 Å². The number of carbonyl (C=O) groups is 2. The molecule has 0 radical (unpaired) electrons. The lowest BCUT2D eigenvalue weighted by Crippen LogP contribution is -2.51. The zero-order valence-corrected chi connectivity index (χ0v) is 14.5. The van der Waals surface area contributed by atoms with E-state index in [1.807, 2.05) is 0 Å². The third kappa shape index (κ3) is 3.04. The first-order valence-electron chi connectivity index (χ1n) is 7.93. The second-order valence-corrected chi connectivity index (χ2v) is 6.51. The van der Waals surface area contributed by atoms with Crippen LogP contribution in [0.5, 0.6) is 0 Å². The smallest absolute Gasteiger partial charge is 0.270 e. The molecule has 0 saturated carbocycles. The fourth-order valence-electron chi connectivity index (χ4n) is 2.85. The Bertz CT molecular complexity index is 1040. The molecule has 0 atom stereocenters. The Hall–Kier alpha value is -3.27. The van der Waals surface area contributed by atoms with Gasteiger partial charge in [-0.05, 0) is 18.2 Å². The summed E-state index contributed by atoms with van der Waals surface area (Å²) in [7, 11) is 0. The highest BCUT2D eigenvalue weighted by Gasteiger charge is 2.35. The molecule has 0 aliphatic carbocycles. The molecular formula is C16H13ClFN7O2. The number of likely N-dealkylation sites (tertiary alicyclic amines) is 1. The summed E-state index contributed by atoms with van der Waals surface area (Å²) in [5, 5.41) is 14.2. The predicted octanol–water partition coefficient (Wildman–Crippen LogP) is 1.26. The molecule has 0 bridgehead atoms. The summed E-state index contributed by atoms with van der Waals surface area (Å²) in [6.07, 6.45) is 2.88. The van der Waals surface area contributed by atoms with Crippen LogP contribution >= 0.6 is 11.6 Å². The standard InChI is InChI=1S/C16H13ClFN7O2/c17-11-3-8(1-2-12(11)18)14-10(4-20-22-14)16(27)24-5-9(6-24)25-7-13(15(19)26)21-23-25/h1-4,7,9H,5-6H2,(H2,19,26)(H,20,22). The van der Waals surface area contributed by atoms with Crippen molar-refractivity contribution in [2.75, 3.05) is 13.1 Å². The Labute approximate surface area is 156 Å². The van der Waals surface area contributed by atoms with Gasteiger partial charge in [-0.25, -0.2) is 9.07 Å². The lowest BCUT2D eigenvalue weighted by Gasteiger charge is -2.38. The Balaban J connectivity index is 1.49. The van der Waals surface area contributed by atoms with Gasteiger partial charge in [0.25, 0.3) is 11.8 Å². The highest BCUT2D eigenvalue weighted by molar-refractivity contribution is 6.31. The van der Waals surface area contributed by atoms with Gasteiger partial charge in [0, 0.05) is 18.7 Å². The molecule has 11 heteroatoms. The SMILES string of the molecule is NC(=O)c1cn(C2CN(C(=O)c3cn[nH]c3-c3ccc(F)c(Cl)c3)C2)nn1.